The monoisotopic (exact) mass is 297 g/mol. The van der Waals surface area contributed by atoms with E-state index in [1.807, 2.05) is 36.4 Å². The largest absolute Gasteiger partial charge is 0.319 e. The predicted octanol–water partition coefficient (Wildman–Crippen LogP) is 2.95. The molecule has 0 bridgehead atoms. The number of hydrogen-bond acceptors (Lipinski definition) is 4. The Morgan fingerprint density at radius 3 is 2.52 bits per heavy atom. The number of rotatable bonds is 3. The summed E-state index contributed by atoms with van der Waals surface area (Å²) in [6, 6.07) is 14.0. The molecule has 1 amide bonds. The maximum absolute atomic E-state index is 12.0. The predicted molar refractivity (Wildman–Crippen MR) is 81.4 cm³/mol. The van der Waals surface area contributed by atoms with Crippen molar-refractivity contribution in [1.29, 1.82) is 10.5 Å². The Labute approximate surface area is 128 Å². The van der Waals surface area contributed by atoms with E-state index in [4.69, 9.17) is 5.26 Å². The zero-order valence-corrected chi connectivity index (χ0v) is 12.7. The third kappa shape index (κ3) is 2.94. The number of benzene rings is 1. The molecule has 0 fully saturated rings. The van der Waals surface area contributed by atoms with Gasteiger partial charge in [0.15, 0.2) is 0 Å². The summed E-state index contributed by atoms with van der Waals surface area (Å²) in [6.07, 6.45) is 0. The Bertz CT molecular complexity index is 665. The summed E-state index contributed by atoms with van der Waals surface area (Å²) in [7, 11) is 0. The fraction of sp³-hybridized carbons (Fsp3) is 0.312. The molecule has 0 saturated carbocycles. The van der Waals surface area contributed by atoms with Crippen LogP contribution in [0.5, 0.6) is 0 Å². The van der Waals surface area contributed by atoms with Crippen molar-refractivity contribution in [2.45, 2.75) is 19.6 Å². The molecule has 1 aliphatic heterocycles. The standard InChI is InChI=1S/C16H15N3OS/c1-16(2)12(8-17)14(20)19-15(13(16)9-18)21-10-11-6-4-3-5-7-11/h3-7,12H,10H2,1-2H3,(H,19,20)/t12-/m0/s1. The zero-order valence-electron chi connectivity index (χ0n) is 11.9. The fourth-order valence-electron chi connectivity index (χ4n) is 2.26. The first-order valence-electron chi connectivity index (χ1n) is 6.52. The van der Waals surface area contributed by atoms with Gasteiger partial charge in [-0.25, -0.2) is 0 Å². The Morgan fingerprint density at radius 1 is 1.29 bits per heavy atom. The number of hydrogen-bond donors (Lipinski definition) is 1. The van der Waals surface area contributed by atoms with Crippen molar-refractivity contribution in [2.24, 2.45) is 11.3 Å². The second-order valence-electron chi connectivity index (χ2n) is 5.36. The summed E-state index contributed by atoms with van der Waals surface area (Å²) in [5.74, 6) is -0.514. The molecule has 4 nitrogen and oxygen atoms in total. The summed E-state index contributed by atoms with van der Waals surface area (Å²) in [6.45, 7) is 3.53. The van der Waals surface area contributed by atoms with Crippen molar-refractivity contribution < 1.29 is 4.79 Å². The smallest absolute Gasteiger partial charge is 0.243 e. The number of nitrogens with one attached hydrogen (secondary N) is 1. The van der Waals surface area contributed by atoms with Crippen molar-refractivity contribution in [3.8, 4) is 12.1 Å². The van der Waals surface area contributed by atoms with E-state index in [-0.39, 0.29) is 5.91 Å². The van der Waals surface area contributed by atoms with E-state index in [0.717, 1.165) is 5.56 Å². The van der Waals surface area contributed by atoms with Crippen molar-refractivity contribution in [1.82, 2.24) is 5.32 Å². The molecule has 2 rings (SSSR count). The Balaban J connectivity index is 2.29. The molecule has 1 atom stereocenters. The SMILES string of the molecule is CC1(C)C(C#N)=C(SCc2ccccc2)NC(=O)[C@@H]1C#N. The first kappa shape index (κ1) is 15.2. The number of nitriles is 2. The molecule has 0 aliphatic carbocycles. The number of carbonyl (C=O) groups is 1. The Hall–Kier alpha value is -2.24. The molecule has 1 aromatic carbocycles. The van der Waals surface area contributed by atoms with Crippen LogP contribution in [0.3, 0.4) is 0 Å². The van der Waals surface area contributed by atoms with Crippen molar-refractivity contribution in [3.05, 3.63) is 46.5 Å². The highest BCUT2D eigenvalue weighted by molar-refractivity contribution is 8.02. The van der Waals surface area contributed by atoms with Crippen LogP contribution < -0.4 is 5.32 Å². The van der Waals surface area contributed by atoms with E-state index < -0.39 is 11.3 Å². The lowest BCUT2D eigenvalue weighted by Gasteiger charge is -2.34. The number of amides is 1. The van der Waals surface area contributed by atoms with Gasteiger partial charge < -0.3 is 5.32 Å². The minimum absolute atomic E-state index is 0.336. The minimum Gasteiger partial charge on any atom is -0.319 e. The van der Waals surface area contributed by atoms with E-state index in [0.29, 0.717) is 16.4 Å². The minimum atomic E-state index is -0.840. The van der Waals surface area contributed by atoms with Crippen LogP contribution >= 0.6 is 11.8 Å². The lowest BCUT2D eigenvalue weighted by molar-refractivity contribution is -0.125. The van der Waals surface area contributed by atoms with Crippen LogP contribution in [0.4, 0.5) is 0 Å². The summed E-state index contributed by atoms with van der Waals surface area (Å²) < 4.78 is 0. The molecule has 5 heteroatoms. The van der Waals surface area contributed by atoms with Gasteiger partial charge in [-0.15, -0.1) is 11.8 Å². The third-order valence-corrected chi connectivity index (χ3v) is 4.63. The van der Waals surface area contributed by atoms with Gasteiger partial charge in [0.2, 0.25) is 5.91 Å². The molecular formula is C16H15N3OS. The first-order chi connectivity index (χ1) is 10.0. The lowest BCUT2D eigenvalue weighted by Crippen LogP contribution is -2.44. The van der Waals surface area contributed by atoms with Crippen LogP contribution in [0.25, 0.3) is 0 Å². The molecule has 0 radical (unpaired) electrons. The summed E-state index contributed by atoms with van der Waals surface area (Å²) >= 11 is 1.42. The fourth-order valence-corrected chi connectivity index (χ4v) is 3.39. The van der Waals surface area contributed by atoms with E-state index in [2.05, 4.69) is 11.4 Å². The van der Waals surface area contributed by atoms with Crippen molar-refractivity contribution in [3.63, 3.8) is 0 Å². The molecular weight excluding hydrogens is 282 g/mol. The summed E-state index contributed by atoms with van der Waals surface area (Å²) in [5.41, 5.74) is 0.807. The average Bonchev–Trinajstić information content (AvgIpc) is 2.45. The van der Waals surface area contributed by atoms with E-state index >= 15 is 0 Å². The molecule has 21 heavy (non-hydrogen) atoms. The lowest BCUT2D eigenvalue weighted by atomic mass is 9.72. The Kier molecular flexibility index (Phi) is 4.35. The molecule has 1 aromatic rings. The first-order valence-corrected chi connectivity index (χ1v) is 7.51. The number of carbonyl (C=O) groups excluding carboxylic acids is 1. The van der Waals surface area contributed by atoms with Gasteiger partial charge in [0.05, 0.1) is 22.7 Å². The van der Waals surface area contributed by atoms with Crippen LogP contribution in [0.2, 0.25) is 0 Å². The maximum Gasteiger partial charge on any atom is 0.243 e. The maximum atomic E-state index is 12.0. The van der Waals surface area contributed by atoms with E-state index in [9.17, 15) is 10.1 Å². The zero-order chi connectivity index (χ0) is 15.5. The van der Waals surface area contributed by atoms with E-state index in [1.165, 1.54) is 11.8 Å². The van der Waals surface area contributed by atoms with Gasteiger partial charge in [-0.05, 0) is 5.56 Å². The highest BCUT2D eigenvalue weighted by Crippen LogP contribution is 2.42. The van der Waals surface area contributed by atoms with Crippen LogP contribution in [0.15, 0.2) is 40.9 Å². The molecule has 1 aliphatic rings. The van der Waals surface area contributed by atoms with Gasteiger partial charge in [0, 0.05) is 11.2 Å². The molecule has 0 spiro atoms. The summed E-state index contributed by atoms with van der Waals surface area (Å²) in [5, 5.41) is 21.8. The second kappa shape index (κ2) is 6.03. The van der Waals surface area contributed by atoms with Crippen molar-refractivity contribution >= 4 is 17.7 Å². The van der Waals surface area contributed by atoms with Gasteiger partial charge in [0.1, 0.15) is 5.92 Å². The second-order valence-corrected chi connectivity index (χ2v) is 6.35. The molecule has 1 heterocycles. The van der Waals surface area contributed by atoms with Crippen LogP contribution in [0, 0.1) is 34.0 Å². The van der Waals surface area contributed by atoms with Gasteiger partial charge >= 0.3 is 0 Å². The average molecular weight is 297 g/mol. The van der Waals surface area contributed by atoms with Crippen molar-refractivity contribution in [2.75, 3.05) is 0 Å². The number of thioether (sulfide) groups is 1. The third-order valence-electron chi connectivity index (χ3n) is 3.56. The molecule has 106 valence electrons. The molecule has 0 aromatic heterocycles. The highest BCUT2D eigenvalue weighted by atomic mass is 32.2. The topological polar surface area (TPSA) is 76.7 Å². The number of nitrogens with zero attached hydrogens (tertiary/aromatic N) is 2. The van der Waals surface area contributed by atoms with E-state index in [1.54, 1.807) is 13.8 Å². The Morgan fingerprint density at radius 2 is 1.95 bits per heavy atom. The molecule has 0 saturated heterocycles. The quantitative estimate of drug-likeness (QED) is 0.930. The van der Waals surface area contributed by atoms with Crippen LogP contribution in [-0.4, -0.2) is 5.91 Å². The summed E-state index contributed by atoms with van der Waals surface area (Å²) in [4.78, 5) is 12.0. The van der Waals surface area contributed by atoms with Gasteiger partial charge in [0.25, 0.3) is 0 Å². The molecule has 1 N–H and O–H groups in total. The molecule has 0 unspecified atom stereocenters. The van der Waals surface area contributed by atoms with Crippen LogP contribution in [-0.2, 0) is 10.5 Å². The van der Waals surface area contributed by atoms with Gasteiger partial charge in [-0.1, -0.05) is 44.2 Å². The number of allylic oxidation sites excluding steroid dienone is 1. The normalized spacial score (nSPS) is 20.4. The van der Waals surface area contributed by atoms with Gasteiger partial charge in [-0.2, -0.15) is 10.5 Å². The van der Waals surface area contributed by atoms with Gasteiger partial charge in [-0.3, -0.25) is 4.79 Å². The highest BCUT2D eigenvalue weighted by Gasteiger charge is 2.44. The van der Waals surface area contributed by atoms with Crippen LogP contribution in [0.1, 0.15) is 19.4 Å².